The number of piperidine rings is 1. The molecule has 110 valence electrons. The summed E-state index contributed by atoms with van der Waals surface area (Å²) in [6.45, 7) is 6.30. The predicted octanol–water partition coefficient (Wildman–Crippen LogP) is 1.99. The molecule has 1 aromatic carbocycles. The number of carbonyl (C=O) groups is 1. The van der Waals surface area contributed by atoms with E-state index in [1.165, 1.54) is 6.42 Å². The van der Waals surface area contributed by atoms with Crippen LogP contribution in [0.15, 0.2) is 24.3 Å². The molecule has 4 heteroatoms. The summed E-state index contributed by atoms with van der Waals surface area (Å²) in [5.41, 5.74) is 7.78. The zero-order valence-corrected chi connectivity index (χ0v) is 12.4. The van der Waals surface area contributed by atoms with Gasteiger partial charge in [-0.25, -0.2) is 0 Å². The number of nitrogens with one attached hydrogen (secondary N) is 1. The molecule has 4 nitrogen and oxygen atoms in total. The van der Waals surface area contributed by atoms with Crippen molar-refractivity contribution in [3.05, 3.63) is 29.8 Å². The van der Waals surface area contributed by atoms with E-state index in [0.29, 0.717) is 25.0 Å². The fraction of sp³-hybridized carbons (Fsp3) is 0.562. The maximum absolute atomic E-state index is 12.1. The number of carbonyl (C=O) groups excluding carboxylic acids is 1. The number of hydrogen-bond acceptors (Lipinski definition) is 3. The van der Waals surface area contributed by atoms with Crippen LogP contribution < -0.4 is 11.1 Å². The highest BCUT2D eigenvalue weighted by molar-refractivity contribution is 5.92. The average Bonchev–Trinajstić information content (AvgIpc) is 2.41. The van der Waals surface area contributed by atoms with Gasteiger partial charge in [-0.05, 0) is 56.8 Å². The van der Waals surface area contributed by atoms with E-state index in [-0.39, 0.29) is 5.91 Å². The van der Waals surface area contributed by atoms with Crippen molar-refractivity contribution >= 4 is 11.6 Å². The van der Waals surface area contributed by atoms with Crippen molar-refractivity contribution in [2.24, 2.45) is 11.7 Å². The molecule has 0 aliphatic carbocycles. The topological polar surface area (TPSA) is 58.4 Å². The van der Waals surface area contributed by atoms with Gasteiger partial charge >= 0.3 is 0 Å². The van der Waals surface area contributed by atoms with Crippen LogP contribution in [0.4, 0.5) is 5.69 Å². The molecule has 0 saturated carbocycles. The Kier molecular flexibility index (Phi) is 5.15. The van der Waals surface area contributed by atoms with E-state index in [1.54, 1.807) is 0 Å². The highest BCUT2D eigenvalue weighted by Crippen LogP contribution is 2.21. The molecule has 1 aliphatic heterocycles. The molecule has 1 aromatic rings. The van der Waals surface area contributed by atoms with Crippen molar-refractivity contribution in [2.75, 3.05) is 25.0 Å². The molecule has 2 atom stereocenters. The second-order valence-electron chi connectivity index (χ2n) is 5.88. The molecule has 0 spiro atoms. The van der Waals surface area contributed by atoms with E-state index in [2.05, 4.69) is 17.1 Å². The maximum Gasteiger partial charge on any atom is 0.238 e. The van der Waals surface area contributed by atoms with Gasteiger partial charge in [-0.2, -0.15) is 0 Å². The van der Waals surface area contributed by atoms with Crippen LogP contribution in [0.1, 0.15) is 25.3 Å². The van der Waals surface area contributed by atoms with Gasteiger partial charge in [0.05, 0.1) is 6.54 Å². The quantitative estimate of drug-likeness (QED) is 0.883. The summed E-state index contributed by atoms with van der Waals surface area (Å²) in [7, 11) is 0. The monoisotopic (exact) mass is 275 g/mol. The summed E-state index contributed by atoms with van der Waals surface area (Å²) < 4.78 is 0. The summed E-state index contributed by atoms with van der Waals surface area (Å²) in [6, 6.07) is 8.35. The normalized spacial score (nSPS) is 23.6. The van der Waals surface area contributed by atoms with Crippen LogP contribution >= 0.6 is 0 Å². The number of benzene rings is 1. The van der Waals surface area contributed by atoms with Crippen LogP contribution in [0, 0.1) is 12.8 Å². The third-order valence-electron chi connectivity index (χ3n) is 4.09. The van der Waals surface area contributed by atoms with Gasteiger partial charge in [-0.1, -0.05) is 12.1 Å². The molecule has 0 bridgehead atoms. The zero-order valence-electron chi connectivity index (χ0n) is 12.4. The standard InChI is InChI=1S/C16H25N3O/c1-12-4-3-5-15(8-12)18-16(20)11-19-10-14(9-17)7-6-13(19)2/h3-5,8,13-14H,6-7,9-11,17H2,1-2H3,(H,18,20). The first kappa shape index (κ1) is 15.0. The molecule has 1 fully saturated rings. The molecule has 1 saturated heterocycles. The molecular weight excluding hydrogens is 250 g/mol. The van der Waals surface area contributed by atoms with Crippen molar-refractivity contribution in [1.82, 2.24) is 4.90 Å². The Bertz CT molecular complexity index is 461. The Morgan fingerprint density at radius 2 is 2.25 bits per heavy atom. The van der Waals surface area contributed by atoms with Crippen LogP contribution in [-0.2, 0) is 4.79 Å². The highest BCUT2D eigenvalue weighted by atomic mass is 16.2. The van der Waals surface area contributed by atoms with Crippen molar-refractivity contribution in [3.63, 3.8) is 0 Å². The van der Waals surface area contributed by atoms with Crippen LogP contribution in [0.25, 0.3) is 0 Å². The Hall–Kier alpha value is -1.39. The van der Waals surface area contributed by atoms with Crippen LogP contribution in [-0.4, -0.2) is 36.5 Å². The number of nitrogens with zero attached hydrogens (tertiary/aromatic N) is 1. The van der Waals surface area contributed by atoms with Crippen LogP contribution in [0.2, 0.25) is 0 Å². The smallest absolute Gasteiger partial charge is 0.238 e. The number of nitrogens with two attached hydrogens (primary N) is 1. The Balaban J connectivity index is 1.90. The number of hydrogen-bond donors (Lipinski definition) is 2. The second-order valence-corrected chi connectivity index (χ2v) is 5.88. The first-order valence-electron chi connectivity index (χ1n) is 7.39. The fourth-order valence-electron chi connectivity index (χ4n) is 2.78. The molecule has 0 aromatic heterocycles. The number of rotatable bonds is 4. The lowest BCUT2D eigenvalue weighted by molar-refractivity contribution is -0.118. The van der Waals surface area contributed by atoms with Gasteiger partial charge in [0, 0.05) is 18.3 Å². The molecule has 20 heavy (non-hydrogen) atoms. The number of aryl methyl sites for hydroxylation is 1. The van der Waals surface area contributed by atoms with Crippen LogP contribution in [0.5, 0.6) is 0 Å². The first-order valence-corrected chi connectivity index (χ1v) is 7.39. The minimum atomic E-state index is 0.0557. The summed E-state index contributed by atoms with van der Waals surface area (Å²) in [5.74, 6) is 0.582. The fourth-order valence-corrected chi connectivity index (χ4v) is 2.78. The Labute approximate surface area is 121 Å². The van der Waals surface area contributed by atoms with E-state index < -0.39 is 0 Å². The van der Waals surface area contributed by atoms with E-state index >= 15 is 0 Å². The van der Waals surface area contributed by atoms with Gasteiger partial charge in [0.2, 0.25) is 5.91 Å². The molecule has 2 unspecified atom stereocenters. The van der Waals surface area contributed by atoms with Gasteiger partial charge in [-0.15, -0.1) is 0 Å². The van der Waals surface area contributed by atoms with Gasteiger partial charge < -0.3 is 11.1 Å². The third kappa shape index (κ3) is 4.05. The highest BCUT2D eigenvalue weighted by Gasteiger charge is 2.25. The van der Waals surface area contributed by atoms with E-state index in [9.17, 15) is 4.79 Å². The van der Waals surface area contributed by atoms with E-state index in [1.807, 2.05) is 31.2 Å². The lowest BCUT2D eigenvalue weighted by Crippen LogP contribution is -2.47. The minimum Gasteiger partial charge on any atom is -0.330 e. The third-order valence-corrected chi connectivity index (χ3v) is 4.09. The lowest BCUT2D eigenvalue weighted by atomic mass is 9.93. The summed E-state index contributed by atoms with van der Waals surface area (Å²) in [4.78, 5) is 14.4. The Morgan fingerprint density at radius 3 is 2.95 bits per heavy atom. The molecule has 1 amide bonds. The van der Waals surface area contributed by atoms with Gasteiger partial charge in [-0.3, -0.25) is 9.69 Å². The van der Waals surface area contributed by atoms with Gasteiger partial charge in [0.1, 0.15) is 0 Å². The molecule has 1 aliphatic rings. The molecule has 1 heterocycles. The van der Waals surface area contributed by atoms with E-state index in [4.69, 9.17) is 5.73 Å². The van der Waals surface area contributed by atoms with E-state index in [0.717, 1.165) is 24.2 Å². The van der Waals surface area contributed by atoms with Crippen LogP contribution in [0.3, 0.4) is 0 Å². The zero-order chi connectivity index (χ0) is 14.5. The molecular formula is C16H25N3O. The molecule has 2 rings (SSSR count). The van der Waals surface area contributed by atoms with Gasteiger partial charge in [0.25, 0.3) is 0 Å². The van der Waals surface area contributed by atoms with Gasteiger partial charge in [0.15, 0.2) is 0 Å². The number of likely N-dealkylation sites (tertiary alicyclic amines) is 1. The lowest BCUT2D eigenvalue weighted by Gasteiger charge is -2.37. The SMILES string of the molecule is Cc1cccc(NC(=O)CN2CC(CN)CCC2C)c1. The Morgan fingerprint density at radius 1 is 1.45 bits per heavy atom. The number of anilines is 1. The van der Waals surface area contributed by atoms with Crippen molar-refractivity contribution in [2.45, 2.75) is 32.7 Å². The largest absolute Gasteiger partial charge is 0.330 e. The summed E-state index contributed by atoms with van der Waals surface area (Å²) >= 11 is 0. The van der Waals surface area contributed by atoms with Crippen molar-refractivity contribution in [1.29, 1.82) is 0 Å². The molecule has 3 N–H and O–H groups in total. The van der Waals surface area contributed by atoms with Crippen molar-refractivity contribution < 1.29 is 4.79 Å². The first-order chi connectivity index (χ1) is 9.58. The number of amides is 1. The minimum absolute atomic E-state index is 0.0557. The average molecular weight is 275 g/mol. The summed E-state index contributed by atoms with van der Waals surface area (Å²) in [5, 5.41) is 2.97. The second kappa shape index (κ2) is 6.86. The molecule has 0 radical (unpaired) electrons. The van der Waals surface area contributed by atoms with Crippen molar-refractivity contribution in [3.8, 4) is 0 Å². The predicted molar refractivity (Wildman–Crippen MR) is 82.6 cm³/mol. The maximum atomic E-state index is 12.1. The summed E-state index contributed by atoms with van der Waals surface area (Å²) in [6.07, 6.45) is 2.30.